The first kappa shape index (κ1) is 19.7. The van der Waals surface area contributed by atoms with E-state index >= 15 is 0 Å². The van der Waals surface area contributed by atoms with Gasteiger partial charge in [0.05, 0.1) is 13.0 Å². The fourth-order valence-electron chi connectivity index (χ4n) is 2.71. The zero-order valence-corrected chi connectivity index (χ0v) is 15.9. The second-order valence-corrected chi connectivity index (χ2v) is 6.67. The van der Waals surface area contributed by atoms with E-state index in [-0.39, 0.29) is 24.8 Å². The van der Waals surface area contributed by atoms with Crippen molar-refractivity contribution in [2.24, 2.45) is 0 Å². The van der Waals surface area contributed by atoms with Crippen LogP contribution in [-0.4, -0.2) is 18.4 Å². The molecule has 2 amide bonds. The van der Waals surface area contributed by atoms with E-state index in [0.29, 0.717) is 0 Å². The van der Waals surface area contributed by atoms with Crippen LogP contribution < -0.4 is 10.6 Å². The van der Waals surface area contributed by atoms with E-state index in [1.165, 1.54) is 18.4 Å². The van der Waals surface area contributed by atoms with Gasteiger partial charge in [0.15, 0.2) is 0 Å². The molecule has 138 valence electrons. The molecule has 0 aromatic heterocycles. The highest BCUT2D eigenvalue weighted by Gasteiger charge is 2.09. The first-order valence-electron chi connectivity index (χ1n) is 9.20. The summed E-state index contributed by atoms with van der Waals surface area (Å²) in [5, 5.41) is 5.53. The summed E-state index contributed by atoms with van der Waals surface area (Å²) < 4.78 is 0. The molecular weight excluding hydrogens is 324 g/mol. The zero-order chi connectivity index (χ0) is 18.9. The first-order valence-corrected chi connectivity index (χ1v) is 9.20. The first-order chi connectivity index (χ1) is 12.5. The van der Waals surface area contributed by atoms with Crippen molar-refractivity contribution in [3.05, 3.63) is 64.7 Å². The Hall–Kier alpha value is -2.62. The van der Waals surface area contributed by atoms with Crippen molar-refractivity contribution in [1.29, 1.82) is 0 Å². The van der Waals surface area contributed by atoms with Crippen LogP contribution in [0.4, 0.5) is 5.69 Å². The van der Waals surface area contributed by atoms with Crippen LogP contribution in [0.25, 0.3) is 0 Å². The lowest BCUT2D eigenvalue weighted by molar-refractivity contribution is -0.123. The van der Waals surface area contributed by atoms with Crippen molar-refractivity contribution in [3.63, 3.8) is 0 Å². The fraction of sp³-hybridized carbons (Fsp3) is 0.364. The van der Waals surface area contributed by atoms with Crippen LogP contribution in [0, 0.1) is 13.8 Å². The lowest BCUT2D eigenvalue weighted by Gasteiger charge is -2.11. The van der Waals surface area contributed by atoms with E-state index in [1.54, 1.807) is 0 Å². The molecule has 0 unspecified atom stereocenters. The van der Waals surface area contributed by atoms with Crippen molar-refractivity contribution in [1.82, 2.24) is 5.32 Å². The SMILES string of the molecule is CCCCc1ccc(CC(=O)NCC(=O)Nc2cccc(C)c2C)cc1. The molecule has 0 aliphatic rings. The summed E-state index contributed by atoms with van der Waals surface area (Å²) in [7, 11) is 0. The molecule has 4 heteroatoms. The minimum absolute atomic E-state index is 0.0270. The largest absolute Gasteiger partial charge is 0.347 e. The van der Waals surface area contributed by atoms with Gasteiger partial charge < -0.3 is 10.6 Å². The van der Waals surface area contributed by atoms with Crippen LogP contribution in [0.1, 0.15) is 42.0 Å². The number of anilines is 1. The summed E-state index contributed by atoms with van der Waals surface area (Å²) in [5.41, 5.74) is 5.19. The second kappa shape index (κ2) is 9.76. The molecule has 0 radical (unpaired) electrons. The Morgan fingerprint density at radius 1 is 0.923 bits per heavy atom. The predicted molar refractivity (Wildman–Crippen MR) is 106 cm³/mol. The molecule has 2 N–H and O–H groups in total. The summed E-state index contributed by atoms with van der Waals surface area (Å²) >= 11 is 0. The Labute approximate surface area is 156 Å². The van der Waals surface area contributed by atoms with E-state index in [1.807, 2.05) is 44.2 Å². The van der Waals surface area contributed by atoms with Gasteiger partial charge in [-0.15, -0.1) is 0 Å². The van der Waals surface area contributed by atoms with Gasteiger partial charge in [-0.1, -0.05) is 49.7 Å². The second-order valence-electron chi connectivity index (χ2n) is 6.67. The van der Waals surface area contributed by atoms with Crippen molar-refractivity contribution in [3.8, 4) is 0 Å². The molecule has 2 aromatic carbocycles. The van der Waals surface area contributed by atoms with Crippen LogP contribution in [-0.2, 0) is 22.4 Å². The molecule has 26 heavy (non-hydrogen) atoms. The van der Waals surface area contributed by atoms with Crippen molar-refractivity contribution in [2.45, 2.75) is 46.5 Å². The van der Waals surface area contributed by atoms with Gasteiger partial charge in [-0.05, 0) is 55.0 Å². The lowest BCUT2D eigenvalue weighted by Crippen LogP contribution is -2.33. The number of carbonyl (C=O) groups excluding carboxylic acids is 2. The molecule has 0 spiro atoms. The quantitative estimate of drug-likeness (QED) is 0.756. The van der Waals surface area contributed by atoms with Crippen molar-refractivity contribution in [2.75, 3.05) is 11.9 Å². The number of amides is 2. The smallest absolute Gasteiger partial charge is 0.243 e. The van der Waals surface area contributed by atoms with Gasteiger partial charge in [0.25, 0.3) is 0 Å². The summed E-state index contributed by atoms with van der Waals surface area (Å²) in [4.78, 5) is 24.1. The third-order valence-corrected chi connectivity index (χ3v) is 4.53. The zero-order valence-electron chi connectivity index (χ0n) is 15.9. The number of rotatable bonds is 8. The van der Waals surface area contributed by atoms with Gasteiger partial charge in [-0.3, -0.25) is 9.59 Å². The summed E-state index contributed by atoms with van der Waals surface area (Å²) in [6, 6.07) is 13.9. The van der Waals surface area contributed by atoms with Crippen LogP contribution in [0.5, 0.6) is 0 Å². The summed E-state index contributed by atoms with van der Waals surface area (Å²) in [6.45, 7) is 6.11. The average molecular weight is 352 g/mol. The van der Waals surface area contributed by atoms with Crippen LogP contribution in [0.15, 0.2) is 42.5 Å². The number of hydrogen-bond acceptors (Lipinski definition) is 2. The molecule has 0 saturated carbocycles. The average Bonchev–Trinajstić information content (AvgIpc) is 2.63. The lowest BCUT2D eigenvalue weighted by atomic mass is 10.0. The molecule has 0 fully saturated rings. The Kier molecular flexibility index (Phi) is 7.39. The molecule has 0 bridgehead atoms. The highest BCUT2D eigenvalue weighted by Crippen LogP contribution is 2.17. The van der Waals surface area contributed by atoms with Crippen molar-refractivity contribution < 1.29 is 9.59 Å². The highest BCUT2D eigenvalue weighted by atomic mass is 16.2. The Morgan fingerprint density at radius 3 is 2.31 bits per heavy atom. The Balaban J connectivity index is 1.79. The molecular formula is C22H28N2O2. The van der Waals surface area contributed by atoms with Crippen LogP contribution in [0.2, 0.25) is 0 Å². The highest BCUT2D eigenvalue weighted by molar-refractivity contribution is 5.95. The maximum Gasteiger partial charge on any atom is 0.243 e. The molecule has 4 nitrogen and oxygen atoms in total. The summed E-state index contributed by atoms with van der Waals surface area (Å²) in [6.07, 6.45) is 3.70. The van der Waals surface area contributed by atoms with E-state index in [2.05, 4.69) is 29.7 Å². The topological polar surface area (TPSA) is 58.2 Å². The number of benzene rings is 2. The van der Waals surface area contributed by atoms with Crippen molar-refractivity contribution >= 4 is 17.5 Å². The molecule has 0 aliphatic carbocycles. The molecule has 0 heterocycles. The third-order valence-electron chi connectivity index (χ3n) is 4.53. The van der Waals surface area contributed by atoms with E-state index in [4.69, 9.17) is 0 Å². The molecule has 0 saturated heterocycles. The third kappa shape index (κ3) is 6.03. The van der Waals surface area contributed by atoms with Gasteiger partial charge in [0.1, 0.15) is 0 Å². The van der Waals surface area contributed by atoms with Gasteiger partial charge in [-0.25, -0.2) is 0 Å². The van der Waals surface area contributed by atoms with Gasteiger partial charge in [0, 0.05) is 5.69 Å². The number of unbranched alkanes of at least 4 members (excludes halogenated alkanes) is 1. The number of hydrogen-bond donors (Lipinski definition) is 2. The summed E-state index contributed by atoms with van der Waals surface area (Å²) in [5.74, 6) is -0.371. The van der Waals surface area contributed by atoms with Gasteiger partial charge in [-0.2, -0.15) is 0 Å². The molecule has 2 rings (SSSR count). The normalized spacial score (nSPS) is 10.4. The van der Waals surface area contributed by atoms with Crippen LogP contribution in [0.3, 0.4) is 0 Å². The minimum atomic E-state index is -0.220. The monoisotopic (exact) mass is 352 g/mol. The van der Waals surface area contributed by atoms with Crippen LogP contribution >= 0.6 is 0 Å². The maximum absolute atomic E-state index is 12.1. The predicted octanol–water partition coefficient (Wildman–Crippen LogP) is 3.94. The number of carbonyl (C=O) groups is 2. The number of nitrogens with one attached hydrogen (secondary N) is 2. The fourth-order valence-corrected chi connectivity index (χ4v) is 2.71. The molecule has 2 aromatic rings. The van der Waals surface area contributed by atoms with E-state index in [0.717, 1.165) is 28.8 Å². The minimum Gasteiger partial charge on any atom is -0.347 e. The van der Waals surface area contributed by atoms with E-state index in [9.17, 15) is 9.59 Å². The standard InChI is InChI=1S/C22H28N2O2/c1-4-5-8-18-10-12-19(13-11-18)14-21(25)23-15-22(26)24-20-9-6-7-16(2)17(20)3/h6-7,9-13H,4-5,8,14-15H2,1-3H3,(H,23,25)(H,24,26). The molecule has 0 aliphatic heterocycles. The molecule has 0 atom stereocenters. The number of aryl methyl sites for hydroxylation is 2. The Morgan fingerprint density at radius 2 is 1.62 bits per heavy atom. The Bertz CT molecular complexity index is 751. The van der Waals surface area contributed by atoms with Gasteiger partial charge >= 0.3 is 0 Å². The van der Waals surface area contributed by atoms with Gasteiger partial charge in [0.2, 0.25) is 11.8 Å². The maximum atomic E-state index is 12.1. The van der Waals surface area contributed by atoms with E-state index < -0.39 is 0 Å².